The zero-order valence-electron chi connectivity index (χ0n) is 17.2. The fourth-order valence-corrected chi connectivity index (χ4v) is 4.36. The molecular formula is C23H16BClF4N2OS. The van der Waals surface area contributed by atoms with Crippen LogP contribution in [0.25, 0.3) is 32.5 Å². The molecule has 3 nitrogen and oxygen atoms in total. The van der Waals surface area contributed by atoms with Crippen molar-refractivity contribution < 1.29 is 26.7 Å². The summed E-state index contributed by atoms with van der Waals surface area (Å²) in [6.45, 7) is 2.09. The summed E-state index contributed by atoms with van der Waals surface area (Å²) < 4.78 is 46.3. The quantitative estimate of drug-likeness (QED) is 0.185. The van der Waals surface area contributed by atoms with E-state index in [4.69, 9.17) is 21.0 Å². The molecule has 0 amide bonds. The Labute approximate surface area is 195 Å². The van der Waals surface area contributed by atoms with Gasteiger partial charge in [0.15, 0.2) is 5.36 Å². The second-order valence-electron chi connectivity index (χ2n) is 7.14. The molecule has 168 valence electrons. The smallest absolute Gasteiger partial charge is 0.456 e. The molecule has 0 unspecified atom stereocenters. The second kappa shape index (κ2) is 9.37. The Morgan fingerprint density at radius 2 is 1.67 bits per heavy atom. The summed E-state index contributed by atoms with van der Waals surface area (Å²) in [6, 6.07) is 24.0. The van der Waals surface area contributed by atoms with Gasteiger partial charge in [-0.15, -0.1) is 0 Å². The SMILES string of the molecule is Cc1ccc2[nH+]c(/N=c3/cc(-c4ccccc4)oc4ccc(Cl)cc34)sc2c1.F[B-](F)(F)F. The lowest BCUT2D eigenvalue weighted by Gasteiger charge is -2.03. The fraction of sp³-hybridized carbons (Fsp3) is 0.0435. The highest BCUT2D eigenvalue weighted by molar-refractivity contribution is 7.21. The number of rotatable bonds is 2. The summed E-state index contributed by atoms with van der Waals surface area (Å²) in [7, 11) is -6.00. The van der Waals surface area contributed by atoms with Gasteiger partial charge in [0.25, 0.3) is 0 Å². The van der Waals surface area contributed by atoms with Crippen LogP contribution in [0.3, 0.4) is 0 Å². The molecule has 1 N–H and O–H groups in total. The van der Waals surface area contributed by atoms with Gasteiger partial charge in [0.1, 0.15) is 16.9 Å². The van der Waals surface area contributed by atoms with Gasteiger partial charge in [0, 0.05) is 16.7 Å². The summed E-state index contributed by atoms with van der Waals surface area (Å²) in [6.07, 6.45) is 0. The van der Waals surface area contributed by atoms with Crippen molar-refractivity contribution in [2.24, 2.45) is 4.99 Å². The number of aryl methyl sites for hydroxylation is 1. The average molecular weight is 491 g/mol. The van der Waals surface area contributed by atoms with Crippen molar-refractivity contribution in [1.29, 1.82) is 0 Å². The van der Waals surface area contributed by atoms with Crippen LogP contribution in [0.5, 0.6) is 0 Å². The number of nitrogens with zero attached hydrogens (tertiary/aromatic N) is 1. The van der Waals surface area contributed by atoms with Crippen molar-refractivity contribution >= 4 is 56.5 Å². The van der Waals surface area contributed by atoms with Gasteiger partial charge in [0.05, 0.1) is 10.1 Å². The summed E-state index contributed by atoms with van der Waals surface area (Å²) in [4.78, 5) is 8.31. The molecule has 33 heavy (non-hydrogen) atoms. The number of benzene rings is 3. The Morgan fingerprint density at radius 3 is 2.39 bits per heavy atom. The largest absolute Gasteiger partial charge is 0.673 e. The van der Waals surface area contributed by atoms with E-state index in [1.165, 1.54) is 10.3 Å². The third-order valence-electron chi connectivity index (χ3n) is 4.57. The topological polar surface area (TPSA) is 39.6 Å². The first-order valence-corrected chi connectivity index (χ1v) is 11.0. The Kier molecular flexibility index (Phi) is 6.53. The number of hydrogen-bond acceptors (Lipinski definition) is 3. The molecule has 2 aromatic heterocycles. The summed E-state index contributed by atoms with van der Waals surface area (Å²) in [5.41, 5.74) is 4.07. The third-order valence-corrected chi connectivity index (χ3v) is 5.75. The van der Waals surface area contributed by atoms with Crippen molar-refractivity contribution in [3.63, 3.8) is 0 Å². The molecule has 2 heterocycles. The molecule has 0 bridgehead atoms. The van der Waals surface area contributed by atoms with Crippen LogP contribution in [0.4, 0.5) is 22.4 Å². The van der Waals surface area contributed by atoms with Crippen LogP contribution < -0.4 is 10.3 Å². The van der Waals surface area contributed by atoms with E-state index in [1.807, 2.05) is 54.6 Å². The number of nitrogens with one attached hydrogen (secondary N) is 1. The van der Waals surface area contributed by atoms with Crippen LogP contribution in [-0.4, -0.2) is 7.25 Å². The number of fused-ring (bicyclic) bond motifs is 2. The van der Waals surface area contributed by atoms with Crippen LogP contribution in [0.1, 0.15) is 5.56 Å². The van der Waals surface area contributed by atoms with Crippen molar-refractivity contribution in [3.05, 3.63) is 88.7 Å². The summed E-state index contributed by atoms with van der Waals surface area (Å²) >= 11 is 7.88. The zero-order valence-corrected chi connectivity index (χ0v) is 18.7. The standard InChI is InChI=1S/C23H15ClN2OS.BF4/c1-14-7-9-18-22(11-14)28-23(25-18)26-19-13-21(15-5-3-2-4-6-15)27-20-10-8-16(24)12-17(19)20;2-1(3,4)5/h2-13H,1H3;/q;-1/p+1/b26-19-;. The number of thiazole rings is 1. The van der Waals surface area contributed by atoms with Crippen LogP contribution in [0, 0.1) is 6.92 Å². The minimum absolute atomic E-state index is 0.655. The molecular weight excluding hydrogens is 475 g/mol. The number of aromatic nitrogens is 1. The van der Waals surface area contributed by atoms with Gasteiger partial charge < -0.3 is 21.7 Å². The van der Waals surface area contributed by atoms with Crippen LogP contribution in [-0.2, 0) is 0 Å². The number of hydrogen-bond donors (Lipinski definition) is 0. The van der Waals surface area contributed by atoms with E-state index in [9.17, 15) is 17.3 Å². The molecule has 3 aromatic carbocycles. The molecule has 0 aliphatic rings. The van der Waals surface area contributed by atoms with Gasteiger partial charge >= 0.3 is 12.4 Å². The van der Waals surface area contributed by atoms with E-state index >= 15 is 0 Å². The van der Waals surface area contributed by atoms with E-state index in [-0.39, 0.29) is 0 Å². The first-order chi connectivity index (χ1) is 15.7. The predicted molar refractivity (Wildman–Crippen MR) is 125 cm³/mol. The highest BCUT2D eigenvalue weighted by atomic mass is 35.5. The first-order valence-electron chi connectivity index (χ1n) is 9.79. The lowest BCUT2D eigenvalue weighted by molar-refractivity contribution is -0.323. The first kappa shape index (κ1) is 23.0. The van der Waals surface area contributed by atoms with E-state index < -0.39 is 7.25 Å². The van der Waals surface area contributed by atoms with E-state index in [2.05, 4.69) is 30.1 Å². The molecule has 0 atom stereocenters. The summed E-state index contributed by atoms with van der Waals surface area (Å²) in [5.74, 6) is 0.770. The molecule has 0 saturated carbocycles. The molecule has 0 aliphatic carbocycles. The Balaban J connectivity index is 0.000000471. The van der Waals surface area contributed by atoms with E-state index in [0.717, 1.165) is 38.3 Å². The van der Waals surface area contributed by atoms with Crippen LogP contribution in [0.2, 0.25) is 5.02 Å². The van der Waals surface area contributed by atoms with Gasteiger partial charge in [-0.2, -0.15) is 0 Å². The Bertz CT molecular complexity index is 1490. The van der Waals surface area contributed by atoms with Crippen LogP contribution >= 0.6 is 22.9 Å². The molecule has 0 fully saturated rings. The predicted octanol–water partition coefficient (Wildman–Crippen LogP) is 7.62. The van der Waals surface area contributed by atoms with Crippen molar-refractivity contribution in [1.82, 2.24) is 0 Å². The molecule has 0 aliphatic heterocycles. The normalized spacial score (nSPS) is 12.1. The minimum atomic E-state index is -6.00. The maximum atomic E-state index is 9.75. The second-order valence-corrected chi connectivity index (χ2v) is 8.61. The fourth-order valence-electron chi connectivity index (χ4n) is 3.20. The van der Waals surface area contributed by atoms with E-state index in [0.29, 0.717) is 5.02 Å². The lowest BCUT2D eigenvalue weighted by Crippen LogP contribution is -2.06. The maximum absolute atomic E-state index is 9.75. The molecule has 0 saturated heterocycles. The highest BCUT2D eigenvalue weighted by Crippen LogP contribution is 2.27. The summed E-state index contributed by atoms with van der Waals surface area (Å²) in [5, 5.41) is 3.20. The number of H-pyrrole nitrogens is 1. The monoisotopic (exact) mass is 490 g/mol. The van der Waals surface area contributed by atoms with Crippen molar-refractivity contribution in [3.8, 4) is 11.3 Å². The Morgan fingerprint density at radius 1 is 0.939 bits per heavy atom. The molecule has 0 spiro atoms. The third kappa shape index (κ3) is 6.00. The highest BCUT2D eigenvalue weighted by Gasteiger charge is 2.20. The van der Waals surface area contributed by atoms with Gasteiger partial charge in [-0.1, -0.05) is 48.0 Å². The number of aromatic amines is 1. The Hall–Kier alpha value is -3.17. The van der Waals surface area contributed by atoms with Gasteiger partial charge in [-0.3, -0.25) is 0 Å². The molecule has 0 radical (unpaired) electrons. The molecule has 5 aromatic rings. The van der Waals surface area contributed by atoms with Crippen molar-refractivity contribution in [2.75, 3.05) is 0 Å². The average Bonchev–Trinajstić information content (AvgIpc) is 3.15. The minimum Gasteiger partial charge on any atom is -0.456 e. The zero-order chi connectivity index (χ0) is 23.6. The van der Waals surface area contributed by atoms with E-state index in [1.54, 1.807) is 11.3 Å². The maximum Gasteiger partial charge on any atom is 0.673 e. The lowest BCUT2D eigenvalue weighted by atomic mass is 10.1. The number of halogens is 5. The van der Waals surface area contributed by atoms with Crippen LogP contribution in [0.15, 0.2) is 82.2 Å². The van der Waals surface area contributed by atoms with Gasteiger partial charge in [-0.05, 0) is 59.1 Å². The van der Waals surface area contributed by atoms with Gasteiger partial charge in [0.2, 0.25) is 0 Å². The molecule has 10 heteroatoms. The van der Waals surface area contributed by atoms with Gasteiger partial charge in [-0.25, -0.2) is 4.98 Å². The molecule has 5 rings (SSSR count). The van der Waals surface area contributed by atoms with Crippen molar-refractivity contribution in [2.45, 2.75) is 6.92 Å².